The number of anilines is 1. The molecule has 4 rings (SSSR count). The number of carbonyl (C=O) groups excluding carboxylic acids is 1. The monoisotopic (exact) mass is 345 g/mol. The maximum atomic E-state index is 12.0. The summed E-state index contributed by atoms with van der Waals surface area (Å²) in [7, 11) is 0. The molecular formula is C16H16BrN3O. The summed E-state index contributed by atoms with van der Waals surface area (Å²) in [4.78, 5) is 18.7. The SMILES string of the molecule is O=C1CC(Nc2ccc3cccc(Br)c3n2)CN1C1CC1. The molecule has 21 heavy (non-hydrogen) atoms. The van der Waals surface area contributed by atoms with E-state index in [1.807, 2.05) is 29.2 Å². The Morgan fingerprint density at radius 1 is 1.24 bits per heavy atom. The van der Waals surface area contributed by atoms with Gasteiger partial charge < -0.3 is 10.2 Å². The van der Waals surface area contributed by atoms with Crippen LogP contribution in [0.4, 0.5) is 5.82 Å². The Balaban J connectivity index is 1.54. The standard InChI is InChI=1S/C16H16BrN3O/c17-13-3-1-2-10-4-7-14(19-16(10)13)18-11-8-15(21)20(9-11)12-5-6-12/h1-4,7,11-12H,5-6,8-9H2,(H,18,19). The highest BCUT2D eigenvalue weighted by Gasteiger charge is 2.39. The van der Waals surface area contributed by atoms with E-state index in [9.17, 15) is 4.79 Å². The number of carbonyl (C=O) groups is 1. The lowest BCUT2D eigenvalue weighted by molar-refractivity contribution is -0.128. The van der Waals surface area contributed by atoms with Crippen molar-refractivity contribution in [3.05, 3.63) is 34.8 Å². The number of likely N-dealkylation sites (tertiary alicyclic amines) is 1. The summed E-state index contributed by atoms with van der Waals surface area (Å²) in [6.07, 6.45) is 2.91. The average molecular weight is 346 g/mol. The van der Waals surface area contributed by atoms with Crippen LogP contribution in [0.2, 0.25) is 0 Å². The van der Waals surface area contributed by atoms with Crippen LogP contribution in [0.1, 0.15) is 19.3 Å². The van der Waals surface area contributed by atoms with Crippen molar-refractivity contribution in [1.29, 1.82) is 0 Å². The molecule has 1 unspecified atom stereocenters. The van der Waals surface area contributed by atoms with Crippen LogP contribution in [0.15, 0.2) is 34.8 Å². The van der Waals surface area contributed by atoms with Crippen LogP contribution >= 0.6 is 15.9 Å². The van der Waals surface area contributed by atoms with Crippen molar-refractivity contribution < 1.29 is 4.79 Å². The molecule has 1 saturated heterocycles. The zero-order valence-electron chi connectivity index (χ0n) is 11.6. The fourth-order valence-corrected chi connectivity index (χ4v) is 3.44. The van der Waals surface area contributed by atoms with E-state index >= 15 is 0 Å². The third kappa shape index (κ3) is 2.50. The maximum absolute atomic E-state index is 12.0. The van der Waals surface area contributed by atoms with Crippen molar-refractivity contribution in [2.45, 2.75) is 31.3 Å². The summed E-state index contributed by atoms with van der Waals surface area (Å²) < 4.78 is 0.991. The zero-order valence-corrected chi connectivity index (χ0v) is 13.1. The van der Waals surface area contributed by atoms with Crippen molar-refractivity contribution in [1.82, 2.24) is 9.88 Å². The molecule has 0 radical (unpaired) electrons. The van der Waals surface area contributed by atoms with Gasteiger partial charge in [0.05, 0.1) is 11.6 Å². The second-order valence-corrected chi connectivity index (χ2v) is 6.69. The van der Waals surface area contributed by atoms with Crippen LogP contribution in [0, 0.1) is 0 Å². The van der Waals surface area contributed by atoms with Gasteiger partial charge in [0.25, 0.3) is 0 Å². The molecule has 1 aromatic carbocycles. The highest BCUT2D eigenvalue weighted by Crippen LogP contribution is 2.31. The van der Waals surface area contributed by atoms with Crippen LogP contribution < -0.4 is 5.32 Å². The quantitative estimate of drug-likeness (QED) is 0.929. The Morgan fingerprint density at radius 2 is 2.10 bits per heavy atom. The number of hydrogen-bond acceptors (Lipinski definition) is 3. The minimum atomic E-state index is 0.172. The number of aromatic nitrogens is 1. The van der Waals surface area contributed by atoms with Gasteiger partial charge in [-0.3, -0.25) is 4.79 Å². The minimum absolute atomic E-state index is 0.172. The summed E-state index contributed by atoms with van der Waals surface area (Å²) in [6, 6.07) is 10.8. The van der Waals surface area contributed by atoms with Gasteiger partial charge in [-0.05, 0) is 47.0 Å². The second kappa shape index (κ2) is 4.98. The topological polar surface area (TPSA) is 45.2 Å². The number of rotatable bonds is 3. The molecule has 1 saturated carbocycles. The van der Waals surface area contributed by atoms with E-state index in [2.05, 4.69) is 32.3 Å². The van der Waals surface area contributed by atoms with Crippen LogP contribution in [0.5, 0.6) is 0 Å². The van der Waals surface area contributed by atoms with Gasteiger partial charge in [0.1, 0.15) is 5.82 Å². The highest BCUT2D eigenvalue weighted by atomic mass is 79.9. The molecule has 1 amide bonds. The Labute approximate surface area is 131 Å². The molecule has 108 valence electrons. The fraction of sp³-hybridized carbons (Fsp3) is 0.375. The highest BCUT2D eigenvalue weighted by molar-refractivity contribution is 9.10. The summed E-state index contributed by atoms with van der Waals surface area (Å²) in [5.41, 5.74) is 0.950. The third-order valence-electron chi connectivity index (χ3n) is 4.17. The number of para-hydroxylation sites is 1. The first kappa shape index (κ1) is 13.1. The summed E-state index contributed by atoms with van der Waals surface area (Å²) >= 11 is 3.54. The van der Waals surface area contributed by atoms with E-state index in [-0.39, 0.29) is 11.9 Å². The smallest absolute Gasteiger partial charge is 0.225 e. The maximum Gasteiger partial charge on any atom is 0.225 e. The van der Waals surface area contributed by atoms with Gasteiger partial charge in [0.2, 0.25) is 5.91 Å². The molecule has 5 heteroatoms. The molecule has 1 aliphatic carbocycles. The van der Waals surface area contributed by atoms with Crippen LogP contribution in [-0.2, 0) is 4.79 Å². The van der Waals surface area contributed by atoms with E-state index in [0.29, 0.717) is 12.5 Å². The Bertz CT molecular complexity index is 714. The molecule has 1 N–H and O–H groups in total. The van der Waals surface area contributed by atoms with Gasteiger partial charge in [0.15, 0.2) is 0 Å². The second-order valence-electron chi connectivity index (χ2n) is 5.83. The molecule has 2 aliphatic rings. The van der Waals surface area contributed by atoms with E-state index in [1.165, 1.54) is 12.8 Å². The van der Waals surface area contributed by atoms with E-state index in [0.717, 1.165) is 27.7 Å². The van der Waals surface area contributed by atoms with Gasteiger partial charge in [-0.2, -0.15) is 0 Å². The first-order valence-corrected chi connectivity index (χ1v) is 8.11. The normalized spacial score (nSPS) is 22.0. The van der Waals surface area contributed by atoms with Crippen LogP contribution in [-0.4, -0.2) is 34.4 Å². The van der Waals surface area contributed by atoms with Crippen LogP contribution in [0.25, 0.3) is 10.9 Å². The molecule has 1 atom stereocenters. The predicted octanol–water partition coefficient (Wildman–Crippen LogP) is 3.17. The summed E-state index contributed by atoms with van der Waals surface area (Å²) in [5, 5.41) is 4.52. The van der Waals surface area contributed by atoms with Crippen molar-refractivity contribution in [3.8, 4) is 0 Å². The Morgan fingerprint density at radius 3 is 2.90 bits per heavy atom. The summed E-state index contributed by atoms with van der Waals surface area (Å²) in [6.45, 7) is 0.805. The molecule has 2 fully saturated rings. The van der Waals surface area contributed by atoms with E-state index in [4.69, 9.17) is 0 Å². The number of amides is 1. The van der Waals surface area contributed by atoms with Crippen LogP contribution in [0.3, 0.4) is 0 Å². The van der Waals surface area contributed by atoms with E-state index in [1.54, 1.807) is 0 Å². The Hall–Kier alpha value is -1.62. The lowest BCUT2D eigenvalue weighted by Gasteiger charge is -2.16. The molecule has 1 aliphatic heterocycles. The first-order chi connectivity index (χ1) is 10.2. The van der Waals surface area contributed by atoms with Crippen molar-refractivity contribution in [3.63, 3.8) is 0 Å². The summed E-state index contributed by atoms with van der Waals surface area (Å²) in [5.74, 6) is 1.11. The number of hydrogen-bond donors (Lipinski definition) is 1. The largest absolute Gasteiger partial charge is 0.365 e. The third-order valence-corrected chi connectivity index (χ3v) is 4.81. The van der Waals surface area contributed by atoms with Crippen molar-refractivity contribution in [2.24, 2.45) is 0 Å². The van der Waals surface area contributed by atoms with Crippen molar-refractivity contribution >= 4 is 38.6 Å². The number of fused-ring (bicyclic) bond motifs is 1. The zero-order chi connectivity index (χ0) is 14.4. The molecule has 0 spiro atoms. The van der Waals surface area contributed by atoms with Gasteiger partial charge >= 0.3 is 0 Å². The first-order valence-electron chi connectivity index (χ1n) is 7.32. The van der Waals surface area contributed by atoms with E-state index < -0.39 is 0 Å². The number of nitrogens with one attached hydrogen (secondary N) is 1. The molecular weight excluding hydrogens is 330 g/mol. The Kier molecular flexibility index (Phi) is 3.10. The molecule has 4 nitrogen and oxygen atoms in total. The number of halogens is 1. The number of pyridine rings is 1. The van der Waals surface area contributed by atoms with Crippen molar-refractivity contribution in [2.75, 3.05) is 11.9 Å². The van der Waals surface area contributed by atoms with Gasteiger partial charge in [-0.25, -0.2) is 4.98 Å². The van der Waals surface area contributed by atoms with Gasteiger partial charge in [0, 0.05) is 28.9 Å². The minimum Gasteiger partial charge on any atom is -0.365 e. The number of benzene rings is 1. The molecule has 1 aromatic heterocycles. The lowest BCUT2D eigenvalue weighted by Crippen LogP contribution is -2.29. The predicted molar refractivity (Wildman–Crippen MR) is 86.2 cm³/mol. The lowest BCUT2D eigenvalue weighted by atomic mass is 10.2. The molecule has 0 bridgehead atoms. The average Bonchev–Trinajstić information content (AvgIpc) is 3.24. The van der Waals surface area contributed by atoms with Gasteiger partial charge in [-0.15, -0.1) is 0 Å². The fourth-order valence-electron chi connectivity index (χ4n) is 2.97. The molecule has 2 aromatic rings. The van der Waals surface area contributed by atoms with Gasteiger partial charge in [-0.1, -0.05) is 12.1 Å². The number of nitrogens with zero attached hydrogens (tertiary/aromatic N) is 2. The molecule has 2 heterocycles.